The van der Waals surface area contributed by atoms with E-state index in [1.54, 1.807) is 7.11 Å². The fourth-order valence-corrected chi connectivity index (χ4v) is 2.56. The average molecular weight is 291 g/mol. The molecule has 0 radical (unpaired) electrons. The molecule has 2 rings (SSSR count). The number of anilines is 1. The van der Waals surface area contributed by atoms with Crippen LogP contribution in [0, 0.1) is 0 Å². The van der Waals surface area contributed by atoms with Crippen molar-refractivity contribution in [1.82, 2.24) is 9.80 Å². The van der Waals surface area contributed by atoms with Gasteiger partial charge in [-0.1, -0.05) is 12.1 Å². The maximum atomic E-state index is 12.0. The van der Waals surface area contributed by atoms with Crippen LogP contribution in [0.25, 0.3) is 0 Å². The van der Waals surface area contributed by atoms with Crippen LogP contribution in [-0.2, 0) is 16.1 Å². The highest BCUT2D eigenvalue weighted by Crippen LogP contribution is 2.11. The Balaban J connectivity index is 1.72. The highest BCUT2D eigenvalue weighted by atomic mass is 16.5. The lowest BCUT2D eigenvalue weighted by molar-refractivity contribution is -0.133. The summed E-state index contributed by atoms with van der Waals surface area (Å²) in [4.78, 5) is 16.4. The molecule has 116 valence electrons. The number of benzene rings is 1. The van der Waals surface area contributed by atoms with Gasteiger partial charge in [0, 0.05) is 58.5 Å². The van der Waals surface area contributed by atoms with Gasteiger partial charge in [-0.25, -0.2) is 0 Å². The van der Waals surface area contributed by atoms with Gasteiger partial charge in [-0.05, 0) is 24.1 Å². The smallest absolute Gasteiger partial charge is 0.222 e. The van der Waals surface area contributed by atoms with Crippen LogP contribution in [-0.4, -0.2) is 55.6 Å². The van der Waals surface area contributed by atoms with Crippen molar-refractivity contribution in [2.24, 2.45) is 0 Å². The number of methoxy groups -OCH3 is 1. The van der Waals surface area contributed by atoms with Crippen molar-refractivity contribution in [2.45, 2.75) is 19.4 Å². The fourth-order valence-electron chi connectivity index (χ4n) is 2.56. The maximum absolute atomic E-state index is 12.0. The van der Waals surface area contributed by atoms with E-state index >= 15 is 0 Å². The summed E-state index contributed by atoms with van der Waals surface area (Å²) in [5.41, 5.74) is 7.76. The molecule has 0 spiro atoms. The number of nitrogens with zero attached hydrogens (tertiary/aromatic N) is 2. The van der Waals surface area contributed by atoms with Gasteiger partial charge < -0.3 is 15.4 Å². The average Bonchev–Trinajstić information content (AvgIpc) is 2.50. The topological polar surface area (TPSA) is 58.8 Å². The molecule has 1 aliphatic rings. The molecule has 0 saturated carbocycles. The molecule has 0 bridgehead atoms. The summed E-state index contributed by atoms with van der Waals surface area (Å²) in [7, 11) is 1.67. The first-order valence-corrected chi connectivity index (χ1v) is 7.52. The van der Waals surface area contributed by atoms with E-state index in [0.717, 1.165) is 44.8 Å². The first-order chi connectivity index (χ1) is 10.2. The summed E-state index contributed by atoms with van der Waals surface area (Å²) in [5, 5.41) is 0. The number of nitrogen functional groups attached to an aromatic ring is 1. The maximum Gasteiger partial charge on any atom is 0.222 e. The van der Waals surface area contributed by atoms with Gasteiger partial charge in [0.25, 0.3) is 0 Å². The second-order valence-electron chi connectivity index (χ2n) is 5.49. The van der Waals surface area contributed by atoms with Crippen LogP contribution in [0.3, 0.4) is 0 Å². The van der Waals surface area contributed by atoms with Crippen LogP contribution in [0.15, 0.2) is 24.3 Å². The van der Waals surface area contributed by atoms with Crippen molar-refractivity contribution in [3.63, 3.8) is 0 Å². The first kappa shape index (κ1) is 15.8. The molecule has 0 unspecified atom stereocenters. The third-order valence-electron chi connectivity index (χ3n) is 3.85. The van der Waals surface area contributed by atoms with E-state index < -0.39 is 0 Å². The van der Waals surface area contributed by atoms with Gasteiger partial charge in [-0.2, -0.15) is 0 Å². The Bertz CT molecular complexity index is 439. The van der Waals surface area contributed by atoms with Crippen LogP contribution in [0.2, 0.25) is 0 Å². The Morgan fingerprint density at radius 3 is 2.48 bits per heavy atom. The zero-order valence-electron chi connectivity index (χ0n) is 12.8. The molecule has 1 fully saturated rings. The van der Waals surface area contributed by atoms with E-state index in [0.29, 0.717) is 13.0 Å². The Morgan fingerprint density at radius 2 is 1.86 bits per heavy atom. The van der Waals surface area contributed by atoms with Crippen molar-refractivity contribution >= 4 is 11.6 Å². The molecular formula is C16H25N3O2. The quantitative estimate of drug-likeness (QED) is 0.635. The third kappa shape index (κ3) is 5.02. The lowest BCUT2D eigenvalue weighted by Gasteiger charge is -2.34. The molecular weight excluding hydrogens is 266 g/mol. The Kier molecular flexibility index (Phi) is 6.02. The van der Waals surface area contributed by atoms with Gasteiger partial charge in [-0.3, -0.25) is 9.69 Å². The summed E-state index contributed by atoms with van der Waals surface area (Å²) in [5.74, 6) is 0.249. The summed E-state index contributed by atoms with van der Waals surface area (Å²) < 4.78 is 4.98. The molecule has 21 heavy (non-hydrogen) atoms. The number of nitrogens with two attached hydrogens (primary N) is 1. The third-order valence-corrected chi connectivity index (χ3v) is 3.85. The van der Waals surface area contributed by atoms with Crippen molar-refractivity contribution in [2.75, 3.05) is 45.6 Å². The summed E-state index contributed by atoms with van der Waals surface area (Å²) in [6.45, 7) is 5.08. The molecule has 0 aliphatic carbocycles. The van der Waals surface area contributed by atoms with E-state index in [9.17, 15) is 4.79 Å². The fraction of sp³-hybridized carbons (Fsp3) is 0.562. The summed E-state index contributed by atoms with van der Waals surface area (Å²) in [6.07, 6.45) is 1.40. The highest BCUT2D eigenvalue weighted by Gasteiger charge is 2.20. The predicted molar refractivity (Wildman–Crippen MR) is 83.8 cm³/mol. The SMILES string of the molecule is COCCCC(=O)N1CCN(Cc2ccc(N)cc2)CC1. The van der Waals surface area contributed by atoms with Crippen LogP contribution < -0.4 is 5.73 Å². The standard InChI is InChI=1S/C16H25N3O2/c1-21-12-2-3-16(20)19-10-8-18(9-11-19)13-14-4-6-15(17)7-5-14/h4-7H,2-3,8-13,17H2,1H3. The molecule has 0 aromatic heterocycles. The monoisotopic (exact) mass is 291 g/mol. The molecule has 2 N–H and O–H groups in total. The zero-order chi connectivity index (χ0) is 15.1. The first-order valence-electron chi connectivity index (χ1n) is 7.52. The molecule has 1 heterocycles. The van der Waals surface area contributed by atoms with Crippen molar-refractivity contribution in [1.29, 1.82) is 0 Å². The molecule has 1 aliphatic heterocycles. The minimum absolute atomic E-state index is 0.249. The minimum atomic E-state index is 0.249. The lowest BCUT2D eigenvalue weighted by Crippen LogP contribution is -2.48. The van der Waals surface area contributed by atoms with Gasteiger partial charge in [-0.15, -0.1) is 0 Å². The normalized spacial score (nSPS) is 16.1. The van der Waals surface area contributed by atoms with Crippen LogP contribution in [0.4, 0.5) is 5.69 Å². The van der Waals surface area contributed by atoms with Crippen molar-refractivity contribution in [3.05, 3.63) is 29.8 Å². The van der Waals surface area contributed by atoms with E-state index in [2.05, 4.69) is 17.0 Å². The second kappa shape index (κ2) is 8.00. The number of ether oxygens (including phenoxy) is 1. The molecule has 1 amide bonds. The van der Waals surface area contributed by atoms with E-state index in [1.807, 2.05) is 17.0 Å². The molecule has 1 aromatic rings. The van der Waals surface area contributed by atoms with Gasteiger partial charge >= 0.3 is 0 Å². The number of carbonyl (C=O) groups excluding carboxylic acids is 1. The Hall–Kier alpha value is -1.59. The van der Waals surface area contributed by atoms with Gasteiger partial charge in [0.05, 0.1) is 0 Å². The molecule has 1 aromatic carbocycles. The zero-order valence-corrected chi connectivity index (χ0v) is 12.8. The Labute approximate surface area is 126 Å². The minimum Gasteiger partial charge on any atom is -0.399 e. The number of amides is 1. The molecule has 0 atom stereocenters. The summed E-state index contributed by atoms with van der Waals surface area (Å²) in [6, 6.07) is 8.01. The molecule has 5 heteroatoms. The van der Waals surface area contributed by atoms with Gasteiger partial charge in [0.1, 0.15) is 0 Å². The number of hydrogen-bond acceptors (Lipinski definition) is 4. The Morgan fingerprint density at radius 1 is 1.19 bits per heavy atom. The second-order valence-corrected chi connectivity index (χ2v) is 5.49. The van der Waals surface area contributed by atoms with E-state index in [-0.39, 0.29) is 5.91 Å². The predicted octanol–water partition coefficient (Wildman–Crippen LogP) is 1.34. The van der Waals surface area contributed by atoms with Gasteiger partial charge in [0.15, 0.2) is 0 Å². The van der Waals surface area contributed by atoms with Gasteiger partial charge in [0.2, 0.25) is 5.91 Å². The number of piperazine rings is 1. The number of hydrogen-bond donors (Lipinski definition) is 1. The van der Waals surface area contributed by atoms with Crippen LogP contribution in [0.1, 0.15) is 18.4 Å². The van der Waals surface area contributed by atoms with E-state index in [1.165, 1.54) is 5.56 Å². The largest absolute Gasteiger partial charge is 0.399 e. The highest BCUT2D eigenvalue weighted by molar-refractivity contribution is 5.76. The van der Waals surface area contributed by atoms with Crippen LogP contribution in [0.5, 0.6) is 0 Å². The summed E-state index contributed by atoms with van der Waals surface area (Å²) >= 11 is 0. The van der Waals surface area contributed by atoms with Crippen LogP contribution >= 0.6 is 0 Å². The van der Waals surface area contributed by atoms with Crippen molar-refractivity contribution < 1.29 is 9.53 Å². The molecule has 5 nitrogen and oxygen atoms in total. The number of carbonyl (C=O) groups is 1. The number of rotatable bonds is 6. The lowest BCUT2D eigenvalue weighted by atomic mass is 10.1. The van der Waals surface area contributed by atoms with E-state index in [4.69, 9.17) is 10.5 Å². The molecule has 1 saturated heterocycles. The van der Waals surface area contributed by atoms with Crippen molar-refractivity contribution in [3.8, 4) is 0 Å².